The van der Waals surface area contributed by atoms with E-state index in [0.717, 1.165) is 15.8 Å². The highest BCUT2D eigenvalue weighted by Gasteiger charge is 2.06. The van der Waals surface area contributed by atoms with E-state index in [9.17, 15) is 0 Å². The zero-order valence-electron chi connectivity index (χ0n) is 9.21. The minimum atomic E-state index is 0.590. The minimum Gasteiger partial charge on any atom is -0.235 e. The first kappa shape index (κ1) is 10.9. The summed E-state index contributed by atoms with van der Waals surface area (Å²) >= 11 is 1.61. The Balaban J connectivity index is 2.34. The molecule has 0 aromatic carbocycles. The minimum absolute atomic E-state index is 0.590. The quantitative estimate of drug-likeness (QED) is 0.599. The Labute approximate surface area is 97.8 Å². The van der Waals surface area contributed by atoms with Crippen molar-refractivity contribution in [3.63, 3.8) is 0 Å². The molecule has 2 heterocycles. The fourth-order valence-corrected chi connectivity index (χ4v) is 2.22. The lowest BCUT2D eigenvalue weighted by molar-refractivity contribution is 1.04. The standard InChI is InChI=1S/C11H12N4S/c1-3-4-5-14-15-11-10-9(12-7-13-11)8(2)6-16-10/h3-4,6-7H,5H2,1-2H3. The fourth-order valence-electron chi connectivity index (χ4n) is 1.29. The van der Waals surface area contributed by atoms with Gasteiger partial charge in [0.25, 0.3) is 0 Å². The van der Waals surface area contributed by atoms with Crippen LogP contribution in [0.25, 0.3) is 10.2 Å². The van der Waals surface area contributed by atoms with Gasteiger partial charge in [-0.3, -0.25) is 0 Å². The summed E-state index contributed by atoms with van der Waals surface area (Å²) < 4.78 is 1.00. The van der Waals surface area contributed by atoms with E-state index in [4.69, 9.17) is 0 Å². The van der Waals surface area contributed by atoms with Gasteiger partial charge in [0.15, 0.2) is 5.82 Å². The first-order valence-electron chi connectivity index (χ1n) is 5.00. The molecule has 2 aromatic heterocycles. The second kappa shape index (κ2) is 4.94. The number of fused-ring (bicyclic) bond motifs is 1. The van der Waals surface area contributed by atoms with Gasteiger partial charge in [0.1, 0.15) is 6.33 Å². The third-order valence-corrected chi connectivity index (χ3v) is 3.18. The van der Waals surface area contributed by atoms with Crippen molar-refractivity contribution in [3.05, 3.63) is 29.4 Å². The van der Waals surface area contributed by atoms with E-state index >= 15 is 0 Å². The van der Waals surface area contributed by atoms with Crippen molar-refractivity contribution in [3.8, 4) is 0 Å². The lowest BCUT2D eigenvalue weighted by Gasteiger charge is -1.93. The van der Waals surface area contributed by atoms with Gasteiger partial charge in [0.2, 0.25) is 0 Å². The lowest BCUT2D eigenvalue weighted by atomic mass is 10.3. The predicted octanol–water partition coefficient (Wildman–Crippen LogP) is 3.66. The summed E-state index contributed by atoms with van der Waals surface area (Å²) in [6, 6.07) is 0. The van der Waals surface area contributed by atoms with Crippen LogP contribution in [0.3, 0.4) is 0 Å². The van der Waals surface area contributed by atoms with Crippen LogP contribution >= 0.6 is 11.3 Å². The van der Waals surface area contributed by atoms with Crippen LogP contribution in [0.2, 0.25) is 0 Å². The van der Waals surface area contributed by atoms with E-state index in [-0.39, 0.29) is 0 Å². The highest BCUT2D eigenvalue weighted by Crippen LogP contribution is 2.30. The molecular weight excluding hydrogens is 220 g/mol. The molecule has 0 saturated carbocycles. The van der Waals surface area contributed by atoms with Crippen LogP contribution in [-0.4, -0.2) is 16.5 Å². The number of aromatic nitrogens is 2. The Bertz CT molecular complexity index is 542. The topological polar surface area (TPSA) is 50.5 Å². The van der Waals surface area contributed by atoms with E-state index in [1.165, 1.54) is 6.33 Å². The number of thiophene rings is 1. The Morgan fingerprint density at radius 2 is 2.31 bits per heavy atom. The van der Waals surface area contributed by atoms with Gasteiger partial charge in [-0.05, 0) is 24.8 Å². The molecule has 0 spiro atoms. The normalized spacial score (nSPS) is 12.1. The van der Waals surface area contributed by atoms with E-state index in [0.29, 0.717) is 12.4 Å². The first-order valence-corrected chi connectivity index (χ1v) is 5.88. The molecule has 0 saturated heterocycles. The average Bonchev–Trinajstić information content (AvgIpc) is 2.68. The highest BCUT2D eigenvalue weighted by atomic mass is 32.1. The molecule has 0 bridgehead atoms. The van der Waals surface area contributed by atoms with Gasteiger partial charge in [-0.1, -0.05) is 12.2 Å². The average molecular weight is 232 g/mol. The van der Waals surface area contributed by atoms with Crippen molar-refractivity contribution < 1.29 is 0 Å². The number of azo groups is 1. The predicted molar refractivity (Wildman–Crippen MR) is 66.3 cm³/mol. The number of rotatable bonds is 3. The van der Waals surface area contributed by atoms with E-state index in [1.807, 2.05) is 26.0 Å². The smallest absolute Gasteiger partial charge is 0.195 e. The van der Waals surface area contributed by atoms with Crippen LogP contribution in [0, 0.1) is 6.92 Å². The third-order valence-electron chi connectivity index (χ3n) is 2.10. The van der Waals surface area contributed by atoms with Crippen LogP contribution in [0.4, 0.5) is 5.82 Å². The van der Waals surface area contributed by atoms with Crippen molar-refractivity contribution in [2.75, 3.05) is 6.54 Å². The fraction of sp³-hybridized carbons (Fsp3) is 0.273. The Morgan fingerprint density at radius 3 is 3.12 bits per heavy atom. The SMILES string of the molecule is CC=CCN=Nc1ncnc2c(C)csc12. The molecule has 0 aliphatic rings. The van der Waals surface area contributed by atoms with Crippen molar-refractivity contribution in [1.29, 1.82) is 0 Å². The van der Waals surface area contributed by atoms with Gasteiger partial charge in [0.05, 0.1) is 16.8 Å². The molecule has 82 valence electrons. The number of nitrogens with zero attached hydrogens (tertiary/aromatic N) is 4. The molecular formula is C11H12N4S. The molecule has 0 aliphatic heterocycles. The van der Waals surface area contributed by atoms with Crippen molar-refractivity contribution in [1.82, 2.24) is 9.97 Å². The maximum Gasteiger partial charge on any atom is 0.195 e. The van der Waals surface area contributed by atoms with Gasteiger partial charge in [-0.2, -0.15) is 5.11 Å². The number of hydrogen-bond acceptors (Lipinski definition) is 5. The van der Waals surface area contributed by atoms with Crippen molar-refractivity contribution >= 4 is 27.4 Å². The van der Waals surface area contributed by atoms with Crippen molar-refractivity contribution in [2.24, 2.45) is 10.2 Å². The van der Waals surface area contributed by atoms with Crippen LogP contribution in [0.5, 0.6) is 0 Å². The molecule has 0 N–H and O–H groups in total. The van der Waals surface area contributed by atoms with Crippen molar-refractivity contribution in [2.45, 2.75) is 13.8 Å². The Kier molecular flexibility index (Phi) is 3.36. The molecule has 4 nitrogen and oxygen atoms in total. The Morgan fingerprint density at radius 1 is 1.44 bits per heavy atom. The van der Waals surface area contributed by atoms with Gasteiger partial charge < -0.3 is 0 Å². The molecule has 2 rings (SSSR count). The Hall–Kier alpha value is -1.62. The zero-order valence-corrected chi connectivity index (χ0v) is 10.0. The molecule has 2 aromatic rings. The van der Waals surface area contributed by atoms with Crippen LogP contribution in [-0.2, 0) is 0 Å². The van der Waals surface area contributed by atoms with E-state index < -0.39 is 0 Å². The van der Waals surface area contributed by atoms with Gasteiger partial charge in [-0.15, -0.1) is 16.5 Å². The molecule has 5 heteroatoms. The molecule has 0 fully saturated rings. The summed E-state index contributed by atoms with van der Waals surface area (Å²) in [5, 5.41) is 10.2. The monoisotopic (exact) mass is 232 g/mol. The summed E-state index contributed by atoms with van der Waals surface area (Å²) in [7, 11) is 0. The summed E-state index contributed by atoms with van der Waals surface area (Å²) in [6.45, 7) is 4.58. The summed E-state index contributed by atoms with van der Waals surface area (Å²) in [5.41, 5.74) is 2.13. The maximum absolute atomic E-state index is 4.23. The van der Waals surface area contributed by atoms with Crippen LogP contribution in [0.1, 0.15) is 12.5 Å². The molecule has 0 atom stereocenters. The molecule has 0 unspecified atom stereocenters. The summed E-state index contributed by atoms with van der Waals surface area (Å²) in [6.07, 6.45) is 5.43. The maximum atomic E-state index is 4.23. The second-order valence-corrected chi connectivity index (χ2v) is 4.17. The largest absolute Gasteiger partial charge is 0.235 e. The second-order valence-electron chi connectivity index (χ2n) is 3.29. The molecule has 0 amide bonds. The summed E-state index contributed by atoms with van der Waals surface area (Å²) in [4.78, 5) is 8.36. The molecule has 0 aliphatic carbocycles. The highest BCUT2D eigenvalue weighted by molar-refractivity contribution is 7.17. The van der Waals surface area contributed by atoms with Gasteiger partial charge in [0, 0.05) is 0 Å². The number of hydrogen-bond donors (Lipinski definition) is 0. The van der Waals surface area contributed by atoms with Crippen LogP contribution < -0.4 is 0 Å². The summed E-state index contributed by atoms with van der Waals surface area (Å²) in [5.74, 6) is 0.660. The number of allylic oxidation sites excluding steroid dienone is 1. The zero-order chi connectivity index (χ0) is 11.4. The van der Waals surface area contributed by atoms with Gasteiger partial charge >= 0.3 is 0 Å². The third kappa shape index (κ3) is 2.14. The first-order chi connectivity index (χ1) is 7.83. The lowest BCUT2D eigenvalue weighted by Crippen LogP contribution is -1.80. The number of aryl methyl sites for hydroxylation is 1. The molecule has 0 radical (unpaired) electrons. The van der Waals surface area contributed by atoms with Crippen LogP contribution in [0.15, 0.2) is 34.1 Å². The van der Waals surface area contributed by atoms with E-state index in [2.05, 4.69) is 25.6 Å². The molecule has 16 heavy (non-hydrogen) atoms. The van der Waals surface area contributed by atoms with E-state index in [1.54, 1.807) is 11.3 Å². The van der Waals surface area contributed by atoms with Gasteiger partial charge in [-0.25, -0.2) is 9.97 Å².